The molecule has 0 saturated heterocycles. The number of ether oxygens (including phenoxy) is 1. The molecule has 3 rings (SSSR count). The number of hydrogen-bond donors (Lipinski definition) is 0. The van der Waals surface area contributed by atoms with E-state index in [9.17, 15) is 4.79 Å². The summed E-state index contributed by atoms with van der Waals surface area (Å²) < 4.78 is 6.16. The van der Waals surface area contributed by atoms with Crippen LogP contribution in [0.2, 0.25) is 5.02 Å². The highest BCUT2D eigenvalue weighted by Crippen LogP contribution is 2.26. The lowest BCUT2D eigenvalue weighted by Crippen LogP contribution is -2.13. The van der Waals surface area contributed by atoms with E-state index in [0.29, 0.717) is 22.7 Å². The molecule has 0 aliphatic carbocycles. The monoisotopic (exact) mass is 384 g/mol. The molecule has 1 radical (unpaired) electrons. The lowest BCUT2D eigenvalue weighted by atomic mass is 10.1. The molecule has 2 aromatic carbocycles. The lowest BCUT2D eigenvalue weighted by Gasteiger charge is -2.19. The van der Waals surface area contributed by atoms with Gasteiger partial charge in [0.15, 0.2) is 5.78 Å². The third-order valence-electron chi connectivity index (χ3n) is 4.03. The average Bonchev–Trinajstić information content (AvgIpc) is 3.20. The Labute approximate surface area is 162 Å². The van der Waals surface area contributed by atoms with Gasteiger partial charge in [-0.2, -0.15) is 11.3 Å². The van der Waals surface area contributed by atoms with Gasteiger partial charge in [0, 0.05) is 41.5 Å². The molecule has 133 valence electrons. The van der Waals surface area contributed by atoms with E-state index in [2.05, 4.69) is 5.32 Å². The standard InChI is InChI=1S/C21H19ClNO2S/c1-23-12-10-20(15-2-6-18(22)7-3-15)25-19-8-4-16(5-9-19)21(24)17-11-13-26-14-17/h2-9,11,13-14,20H,10,12H2,1H3. The summed E-state index contributed by atoms with van der Waals surface area (Å²) >= 11 is 7.50. The quantitative estimate of drug-likeness (QED) is 0.489. The fourth-order valence-electron chi connectivity index (χ4n) is 2.63. The molecule has 0 aliphatic heterocycles. The van der Waals surface area contributed by atoms with Crippen molar-refractivity contribution in [3.63, 3.8) is 0 Å². The van der Waals surface area contributed by atoms with Gasteiger partial charge in [-0.05, 0) is 53.4 Å². The van der Waals surface area contributed by atoms with E-state index in [-0.39, 0.29) is 11.9 Å². The summed E-state index contributed by atoms with van der Waals surface area (Å²) in [5.41, 5.74) is 2.42. The summed E-state index contributed by atoms with van der Waals surface area (Å²) in [4.78, 5) is 12.4. The second-order valence-corrected chi connectivity index (χ2v) is 7.07. The van der Waals surface area contributed by atoms with Gasteiger partial charge in [0.2, 0.25) is 0 Å². The molecular formula is C21H19ClNO2S. The molecule has 3 aromatic rings. The first kappa shape index (κ1) is 18.6. The van der Waals surface area contributed by atoms with E-state index < -0.39 is 0 Å². The predicted octanol–water partition coefficient (Wildman–Crippen LogP) is 5.38. The molecule has 0 spiro atoms. The molecular weight excluding hydrogens is 366 g/mol. The van der Waals surface area contributed by atoms with Crippen LogP contribution in [-0.4, -0.2) is 19.4 Å². The van der Waals surface area contributed by atoms with Crippen LogP contribution in [0, 0.1) is 0 Å². The van der Waals surface area contributed by atoms with E-state index in [1.54, 1.807) is 19.2 Å². The zero-order chi connectivity index (χ0) is 18.4. The van der Waals surface area contributed by atoms with E-state index >= 15 is 0 Å². The number of halogens is 1. The zero-order valence-electron chi connectivity index (χ0n) is 14.4. The Morgan fingerprint density at radius 2 is 1.81 bits per heavy atom. The average molecular weight is 385 g/mol. The maximum absolute atomic E-state index is 12.4. The molecule has 0 amide bonds. The summed E-state index contributed by atoms with van der Waals surface area (Å²) in [5, 5.41) is 8.64. The van der Waals surface area contributed by atoms with Gasteiger partial charge in [-0.1, -0.05) is 23.7 Å². The van der Waals surface area contributed by atoms with Gasteiger partial charge in [-0.3, -0.25) is 4.79 Å². The molecule has 5 heteroatoms. The minimum Gasteiger partial charge on any atom is -0.486 e. The van der Waals surface area contributed by atoms with E-state index in [1.807, 2.05) is 53.2 Å². The third kappa shape index (κ3) is 4.73. The number of hydrogen-bond acceptors (Lipinski definition) is 3. The topological polar surface area (TPSA) is 40.4 Å². The number of carbonyl (C=O) groups excluding carboxylic acids is 1. The largest absolute Gasteiger partial charge is 0.486 e. The summed E-state index contributed by atoms with van der Waals surface area (Å²) in [5.74, 6) is 0.750. The number of thiophene rings is 1. The van der Waals surface area contributed by atoms with Crippen LogP contribution >= 0.6 is 22.9 Å². The van der Waals surface area contributed by atoms with Crippen LogP contribution in [0.15, 0.2) is 65.4 Å². The number of nitrogens with zero attached hydrogens (tertiary/aromatic N) is 1. The number of rotatable bonds is 8. The van der Waals surface area contributed by atoms with Crippen molar-refractivity contribution in [2.24, 2.45) is 0 Å². The molecule has 1 atom stereocenters. The summed E-state index contributed by atoms with van der Waals surface area (Å²) in [6.45, 7) is 0.710. The van der Waals surface area contributed by atoms with E-state index in [4.69, 9.17) is 16.3 Å². The number of benzene rings is 2. The van der Waals surface area contributed by atoms with Crippen molar-refractivity contribution < 1.29 is 9.53 Å². The van der Waals surface area contributed by atoms with E-state index in [1.165, 1.54) is 11.3 Å². The van der Waals surface area contributed by atoms with Gasteiger partial charge in [0.1, 0.15) is 11.9 Å². The summed E-state index contributed by atoms with van der Waals surface area (Å²) in [6, 6.07) is 16.8. The predicted molar refractivity (Wildman–Crippen MR) is 107 cm³/mol. The van der Waals surface area contributed by atoms with E-state index in [0.717, 1.165) is 17.7 Å². The van der Waals surface area contributed by atoms with Gasteiger partial charge in [0.25, 0.3) is 0 Å². The maximum Gasteiger partial charge on any atom is 0.193 e. The van der Waals surface area contributed by atoms with Crippen LogP contribution in [0.5, 0.6) is 5.75 Å². The number of carbonyl (C=O) groups is 1. The van der Waals surface area contributed by atoms with Crippen LogP contribution in [0.1, 0.15) is 34.0 Å². The van der Waals surface area contributed by atoms with Crippen LogP contribution in [-0.2, 0) is 0 Å². The number of ketones is 1. The van der Waals surface area contributed by atoms with Gasteiger partial charge in [-0.15, -0.1) is 0 Å². The Hall–Kier alpha value is -2.14. The molecule has 0 fully saturated rings. The van der Waals surface area contributed by atoms with Crippen molar-refractivity contribution in [1.29, 1.82) is 0 Å². The first-order valence-electron chi connectivity index (χ1n) is 8.32. The Morgan fingerprint density at radius 1 is 1.08 bits per heavy atom. The Morgan fingerprint density at radius 3 is 2.42 bits per heavy atom. The zero-order valence-corrected chi connectivity index (χ0v) is 16.0. The van der Waals surface area contributed by atoms with Crippen molar-refractivity contribution in [3.8, 4) is 5.75 Å². The Bertz CT molecular complexity index is 829. The fourth-order valence-corrected chi connectivity index (χ4v) is 3.39. The van der Waals surface area contributed by atoms with Gasteiger partial charge >= 0.3 is 0 Å². The van der Waals surface area contributed by atoms with Crippen LogP contribution in [0.3, 0.4) is 0 Å². The Balaban J connectivity index is 1.74. The second-order valence-electron chi connectivity index (χ2n) is 5.85. The first-order chi connectivity index (χ1) is 12.7. The highest BCUT2D eigenvalue weighted by molar-refractivity contribution is 7.08. The Kier molecular flexibility index (Phi) is 6.45. The molecule has 0 bridgehead atoms. The molecule has 0 saturated carbocycles. The highest BCUT2D eigenvalue weighted by Gasteiger charge is 2.14. The lowest BCUT2D eigenvalue weighted by molar-refractivity contribution is 0.103. The summed E-state index contributed by atoms with van der Waals surface area (Å²) in [6.07, 6.45) is 0.655. The molecule has 1 aromatic heterocycles. The maximum atomic E-state index is 12.4. The highest BCUT2D eigenvalue weighted by atomic mass is 35.5. The van der Waals surface area contributed by atoms with Crippen LogP contribution in [0.25, 0.3) is 0 Å². The molecule has 0 N–H and O–H groups in total. The van der Waals surface area contributed by atoms with Gasteiger partial charge < -0.3 is 4.74 Å². The first-order valence-corrected chi connectivity index (χ1v) is 9.64. The normalized spacial score (nSPS) is 11.9. The molecule has 0 aliphatic rings. The van der Waals surface area contributed by atoms with Crippen molar-refractivity contribution in [3.05, 3.63) is 87.1 Å². The minimum absolute atomic E-state index is 0.0248. The molecule has 3 nitrogen and oxygen atoms in total. The van der Waals surface area contributed by atoms with Crippen molar-refractivity contribution in [2.75, 3.05) is 13.6 Å². The van der Waals surface area contributed by atoms with Crippen LogP contribution < -0.4 is 10.1 Å². The smallest absolute Gasteiger partial charge is 0.193 e. The third-order valence-corrected chi connectivity index (χ3v) is 4.97. The van der Waals surface area contributed by atoms with Gasteiger partial charge in [0.05, 0.1) is 0 Å². The summed E-state index contributed by atoms with van der Waals surface area (Å²) in [7, 11) is 1.80. The second kappa shape index (κ2) is 8.99. The molecule has 1 unspecified atom stereocenters. The minimum atomic E-state index is -0.116. The molecule has 26 heavy (non-hydrogen) atoms. The molecule has 1 heterocycles. The van der Waals surface area contributed by atoms with Crippen LogP contribution in [0.4, 0.5) is 0 Å². The fraction of sp³-hybridized carbons (Fsp3) is 0.190. The van der Waals surface area contributed by atoms with Crippen molar-refractivity contribution >= 4 is 28.7 Å². The van der Waals surface area contributed by atoms with Gasteiger partial charge in [-0.25, -0.2) is 5.32 Å². The SMILES string of the molecule is C[N]CCC(Oc1ccc(C(=O)c2ccsc2)cc1)c1ccc(Cl)cc1. The van der Waals surface area contributed by atoms with Crippen molar-refractivity contribution in [2.45, 2.75) is 12.5 Å². The van der Waals surface area contributed by atoms with Crippen molar-refractivity contribution in [1.82, 2.24) is 5.32 Å².